The van der Waals surface area contributed by atoms with Crippen LogP contribution in [0.25, 0.3) is 64.4 Å². The molecule has 0 saturated heterocycles. The number of pyridine rings is 2. The topological polar surface area (TPSA) is 105 Å². The Morgan fingerprint density at radius 3 is 2.84 bits per heavy atom. The molecule has 180 valence electrons. The quantitative estimate of drug-likeness (QED) is 0.267. The molecule has 1 aliphatic carbocycles. The molecular weight excluding hydrogens is 489 g/mol. The fourth-order valence-corrected chi connectivity index (χ4v) is 6.22. The van der Waals surface area contributed by atoms with Gasteiger partial charge in [0, 0.05) is 27.6 Å². The Morgan fingerprint density at radius 1 is 1.05 bits per heavy atom. The molecule has 8 nitrogen and oxygen atoms in total. The van der Waals surface area contributed by atoms with Crippen LogP contribution in [0, 0.1) is 11.7 Å². The number of hydrogen-bond donors (Lipinski definition) is 2. The Hall–Kier alpha value is -4.44. The second-order valence-corrected chi connectivity index (χ2v) is 10.5. The molecule has 0 aliphatic heterocycles. The third-order valence-corrected chi connectivity index (χ3v) is 8.39. The van der Waals surface area contributed by atoms with E-state index in [4.69, 9.17) is 4.98 Å². The van der Waals surface area contributed by atoms with Gasteiger partial charge in [0.05, 0.1) is 39.8 Å². The van der Waals surface area contributed by atoms with E-state index in [9.17, 15) is 4.79 Å². The molecular formula is C27H18FN7OS. The van der Waals surface area contributed by atoms with Crippen LogP contribution in [-0.2, 0) is 0 Å². The number of carbonyl (C=O) groups excluding carboxylic acids is 1. The van der Waals surface area contributed by atoms with E-state index in [1.807, 2.05) is 30.3 Å². The number of nitrogens with one attached hydrogen (secondary N) is 2. The van der Waals surface area contributed by atoms with Crippen molar-refractivity contribution in [3.63, 3.8) is 0 Å². The Labute approximate surface area is 211 Å². The molecule has 1 fully saturated rings. The summed E-state index contributed by atoms with van der Waals surface area (Å²) < 4.78 is 18.8. The largest absolute Gasteiger partial charge is 0.337 e. The highest BCUT2D eigenvalue weighted by molar-refractivity contribution is 7.24. The van der Waals surface area contributed by atoms with Gasteiger partial charge in [-0.2, -0.15) is 5.10 Å². The summed E-state index contributed by atoms with van der Waals surface area (Å²) in [4.78, 5) is 31.4. The Balaban J connectivity index is 1.64. The van der Waals surface area contributed by atoms with E-state index in [1.165, 1.54) is 11.3 Å². The minimum absolute atomic E-state index is 0.0317. The number of H-pyrrole nitrogens is 2. The second-order valence-electron chi connectivity index (χ2n) is 9.44. The van der Waals surface area contributed by atoms with Crippen molar-refractivity contribution in [1.82, 2.24) is 34.7 Å². The number of aromatic amines is 2. The lowest BCUT2D eigenvalue weighted by atomic mass is 9.84. The van der Waals surface area contributed by atoms with Crippen molar-refractivity contribution < 1.29 is 9.18 Å². The Kier molecular flexibility index (Phi) is 4.22. The van der Waals surface area contributed by atoms with Gasteiger partial charge in [-0.15, -0.1) is 11.3 Å². The normalized spacial score (nSPS) is 14.3. The minimum atomic E-state index is -0.523. The van der Waals surface area contributed by atoms with E-state index >= 15 is 4.39 Å². The lowest BCUT2D eigenvalue weighted by Crippen LogP contribution is -2.27. The van der Waals surface area contributed by atoms with Crippen LogP contribution in [0.15, 0.2) is 55.0 Å². The summed E-state index contributed by atoms with van der Waals surface area (Å²) in [6.07, 6.45) is 7.56. The standard InChI is InChI=1S/C27H18FN7OS/c28-22-21-18-12-30-23(22)14-9-15(11-29-10-14)35(27(36)13-3-1-4-13)20-8-7-19(37-20)16-5-2-6-17-24(16)32-26(31-17)25(21)34-33-18/h2,5-13H,1,3-4H2,(H,31,32)(H,33,34). The van der Waals surface area contributed by atoms with Crippen LogP contribution in [0.1, 0.15) is 24.1 Å². The lowest BCUT2D eigenvalue weighted by Gasteiger charge is -2.24. The van der Waals surface area contributed by atoms with Gasteiger partial charge in [-0.3, -0.25) is 24.4 Å². The molecule has 8 bridgehead atoms. The molecule has 0 radical (unpaired) electrons. The zero-order chi connectivity index (χ0) is 24.7. The molecule has 37 heavy (non-hydrogen) atoms. The Bertz CT molecular complexity index is 2130. The predicted molar refractivity (Wildman–Crippen MR) is 143 cm³/mol. The third kappa shape index (κ3) is 2.96. The first-order chi connectivity index (χ1) is 18.2. The van der Waals surface area contributed by atoms with Crippen molar-refractivity contribution in [3.8, 4) is 0 Å². The summed E-state index contributed by atoms with van der Waals surface area (Å²) in [5.74, 6) is -0.525. The zero-order valence-corrected chi connectivity index (χ0v) is 20.1. The number of nitrogens with zero attached hydrogens (tertiary/aromatic N) is 5. The first-order valence-corrected chi connectivity index (χ1v) is 12.9. The van der Waals surface area contributed by atoms with E-state index in [1.54, 1.807) is 29.2 Å². The maximum absolute atomic E-state index is 16.1. The molecule has 1 aromatic carbocycles. The number of imidazole rings is 1. The fourth-order valence-electron chi connectivity index (χ4n) is 5.16. The number of benzene rings is 1. The first-order valence-electron chi connectivity index (χ1n) is 12.1. The average molecular weight is 508 g/mol. The molecule has 6 heterocycles. The first kappa shape index (κ1) is 20.7. The molecule has 8 rings (SSSR count). The number of rotatable bonds is 1. The number of thiophene rings is 1. The molecule has 6 aromatic heterocycles. The van der Waals surface area contributed by atoms with Crippen molar-refractivity contribution in [3.05, 3.63) is 60.8 Å². The second kappa shape index (κ2) is 7.53. The van der Waals surface area contributed by atoms with E-state index in [0.29, 0.717) is 33.0 Å². The summed E-state index contributed by atoms with van der Waals surface area (Å²) >= 11 is 1.52. The van der Waals surface area contributed by atoms with Crippen LogP contribution in [0.3, 0.4) is 0 Å². The van der Waals surface area contributed by atoms with Crippen LogP contribution >= 0.6 is 11.3 Å². The van der Waals surface area contributed by atoms with Gasteiger partial charge in [0.2, 0.25) is 5.91 Å². The Morgan fingerprint density at radius 2 is 1.97 bits per heavy atom. The van der Waals surface area contributed by atoms with Gasteiger partial charge in [-0.05, 0) is 37.1 Å². The van der Waals surface area contributed by atoms with Gasteiger partial charge in [0.1, 0.15) is 15.9 Å². The molecule has 7 aromatic rings. The third-order valence-electron chi connectivity index (χ3n) is 7.29. The molecule has 10 heteroatoms. The number of halogens is 1. The lowest BCUT2D eigenvalue weighted by molar-refractivity contribution is 0.0776. The van der Waals surface area contributed by atoms with E-state index in [2.05, 4.69) is 25.1 Å². The summed E-state index contributed by atoms with van der Waals surface area (Å²) in [5.41, 5.74) is 3.61. The SMILES string of the molecule is O=C(C1CCC1)n1c2cncc(c2)c2ncc3[nH]nc(c4nc5c(cccc5c5ccc1s5)[nH]4)c3c2F. The number of fused-ring (bicyclic) bond motifs is 9. The van der Waals surface area contributed by atoms with Gasteiger partial charge in [0.15, 0.2) is 11.5 Å². The smallest absolute Gasteiger partial charge is 0.235 e. The maximum Gasteiger partial charge on any atom is 0.235 e. The van der Waals surface area contributed by atoms with Crippen molar-refractivity contribution in [2.75, 3.05) is 0 Å². The number of hydrogen-bond acceptors (Lipinski definition) is 6. The zero-order valence-electron chi connectivity index (χ0n) is 19.3. The van der Waals surface area contributed by atoms with Crippen molar-refractivity contribution in [2.45, 2.75) is 19.3 Å². The van der Waals surface area contributed by atoms with E-state index in [-0.39, 0.29) is 17.3 Å². The molecule has 0 atom stereocenters. The van der Waals surface area contributed by atoms with E-state index < -0.39 is 5.82 Å². The van der Waals surface area contributed by atoms with Crippen LogP contribution < -0.4 is 0 Å². The van der Waals surface area contributed by atoms with Gasteiger partial charge >= 0.3 is 0 Å². The minimum Gasteiger partial charge on any atom is -0.337 e. The molecule has 0 amide bonds. The molecule has 0 unspecified atom stereocenters. The van der Waals surface area contributed by atoms with Crippen molar-refractivity contribution in [2.24, 2.45) is 5.92 Å². The van der Waals surface area contributed by atoms with Crippen molar-refractivity contribution in [1.29, 1.82) is 0 Å². The molecule has 0 spiro atoms. The van der Waals surface area contributed by atoms with Crippen LogP contribution in [0.4, 0.5) is 4.39 Å². The van der Waals surface area contributed by atoms with Gasteiger partial charge in [0.25, 0.3) is 0 Å². The van der Waals surface area contributed by atoms with Gasteiger partial charge in [-0.25, -0.2) is 9.37 Å². The monoisotopic (exact) mass is 507 g/mol. The molecule has 1 saturated carbocycles. The van der Waals surface area contributed by atoms with E-state index in [0.717, 1.165) is 45.2 Å². The van der Waals surface area contributed by atoms with Crippen LogP contribution in [0.5, 0.6) is 0 Å². The van der Waals surface area contributed by atoms with Crippen LogP contribution in [0.2, 0.25) is 0 Å². The van der Waals surface area contributed by atoms with Crippen LogP contribution in [-0.4, -0.2) is 40.6 Å². The average Bonchev–Trinajstić information content (AvgIpc) is 3.61. The summed E-state index contributed by atoms with van der Waals surface area (Å²) in [6.45, 7) is 0. The predicted octanol–water partition coefficient (Wildman–Crippen LogP) is 6.41. The van der Waals surface area contributed by atoms with Crippen molar-refractivity contribution >= 4 is 81.7 Å². The summed E-state index contributed by atoms with van der Waals surface area (Å²) in [7, 11) is 0. The molecule has 1 aliphatic rings. The number of aromatic nitrogens is 7. The van der Waals surface area contributed by atoms with Gasteiger partial charge in [-0.1, -0.05) is 18.6 Å². The highest BCUT2D eigenvalue weighted by atomic mass is 32.1. The number of para-hydroxylation sites is 1. The summed E-state index contributed by atoms with van der Waals surface area (Å²) in [5, 5.41) is 8.97. The highest BCUT2D eigenvalue weighted by Gasteiger charge is 2.27. The fraction of sp³-hybridized carbons (Fsp3) is 0.148. The highest BCUT2D eigenvalue weighted by Crippen LogP contribution is 2.34. The summed E-state index contributed by atoms with van der Waals surface area (Å²) in [6, 6.07) is 11.7. The molecule has 2 N–H and O–H groups in total. The van der Waals surface area contributed by atoms with Gasteiger partial charge < -0.3 is 4.98 Å². The number of carbonyl (C=O) groups is 1. The maximum atomic E-state index is 16.1.